The van der Waals surface area contributed by atoms with Crippen molar-refractivity contribution in [3.05, 3.63) is 16.9 Å². The predicted molar refractivity (Wildman–Crippen MR) is 74.0 cm³/mol. The Morgan fingerprint density at radius 3 is 2.72 bits per heavy atom. The SMILES string of the molecule is CC(C)C(=O)CCc1c(Cl)cnn1CCN(C)C. The highest BCUT2D eigenvalue weighted by Crippen LogP contribution is 2.17. The predicted octanol–water partition coefficient (Wildman–Crippen LogP) is 2.26. The van der Waals surface area contributed by atoms with Crippen molar-refractivity contribution in [2.24, 2.45) is 5.92 Å². The fourth-order valence-electron chi connectivity index (χ4n) is 1.65. The Bertz CT molecular complexity index is 399. The van der Waals surface area contributed by atoms with Gasteiger partial charge in [-0.1, -0.05) is 25.4 Å². The molecule has 0 aliphatic carbocycles. The van der Waals surface area contributed by atoms with E-state index in [9.17, 15) is 4.79 Å². The minimum Gasteiger partial charge on any atom is -0.308 e. The zero-order valence-electron chi connectivity index (χ0n) is 11.6. The van der Waals surface area contributed by atoms with E-state index < -0.39 is 0 Å². The Morgan fingerprint density at radius 1 is 1.50 bits per heavy atom. The highest BCUT2D eigenvalue weighted by Gasteiger charge is 2.13. The second-order valence-corrected chi connectivity index (χ2v) is 5.49. The van der Waals surface area contributed by atoms with Crippen LogP contribution in [0.1, 0.15) is 26.0 Å². The Hall–Kier alpha value is -0.870. The molecular formula is C13H22ClN3O. The molecule has 102 valence electrons. The Labute approximate surface area is 114 Å². The third-order valence-electron chi connectivity index (χ3n) is 2.91. The molecule has 1 aromatic rings. The van der Waals surface area contributed by atoms with Gasteiger partial charge < -0.3 is 4.90 Å². The summed E-state index contributed by atoms with van der Waals surface area (Å²) in [5, 5.41) is 4.91. The summed E-state index contributed by atoms with van der Waals surface area (Å²) in [7, 11) is 4.04. The summed E-state index contributed by atoms with van der Waals surface area (Å²) in [5.41, 5.74) is 0.965. The van der Waals surface area contributed by atoms with E-state index in [0.29, 0.717) is 17.9 Å². The number of Topliss-reactive ketones (excluding diaryl/α,β-unsaturated/α-hetero) is 1. The van der Waals surface area contributed by atoms with Crippen molar-refractivity contribution in [1.82, 2.24) is 14.7 Å². The topological polar surface area (TPSA) is 38.1 Å². The van der Waals surface area contributed by atoms with Crippen molar-refractivity contribution in [2.75, 3.05) is 20.6 Å². The summed E-state index contributed by atoms with van der Waals surface area (Å²) in [6.07, 6.45) is 2.86. The normalized spacial score (nSPS) is 11.5. The maximum Gasteiger partial charge on any atom is 0.135 e. The van der Waals surface area contributed by atoms with Crippen LogP contribution in [0.4, 0.5) is 0 Å². The van der Waals surface area contributed by atoms with Crippen LogP contribution in [0.3, 0.4) is 0 Å². The number of aromatic nitrogens is 2. The third-order valence-corrected chi connectivity index (χ3v) is 3.22. The summed E-state index contributed by atoms with van der Waals surface area (Å²) in [4.78, 5) is 13.7. The molecule has 0 amide bonds. The van der Waals surface area contributed by atoms with Crippen LogP contribution in [0.5, 0.6) is 0 Å². The van der Waals surface area contributed by atoms with Gasteiger partial charge in [-0.2, -0.15) is 5.10 Å². The maximum absolute atomic E-state index is 11.6. The van der Waals surface area contributed by atoms with Crippen molar-refractivity contribution in [2.45, 2.75) is 33.2 Å². The summed E-state index contributed by atoms with van der Waals surface area (Å²) < 4.78 is 1.90. The first-order valence-electron chi connectivity index (χ1n) is 6.29. The fourth-order valence-corrected chi connectivity index (χ4v) is 1.89. The minimum absolute atomic E-state index is 0.0851. The lowest BCUT2D eigenvalue weighted by Gasteiger charge is -2.12. The van der Waals surface area contributed by atoms with Gasteiger partial charge in [-0.3, -0.25) is 9.48 Å². The molecule has 0 atom stereocenters. The van der Waals surface area contributed by atoms with Crippen LogP contribution in [0.2, 0.25) is 5.02 Å². The van der Waals surface area contributed by atoms with Crippen LogP contribution in [-0.4, -0.2) is 41.1 Å². The number of nitrogens with zero attached hydrogens (tertiary/aromatic N) is 3. The van der Waals surface area contributed by atoms with Crippen molar-refractivity contribution >= 4 is 17.4 Å². The molecule has 1 rings (SSSR count). The Balaban J connectivity index is 2.63. The molecule has 0 N–H and O–H groups in total. The lowest BCUT2D eigenvalue weighted by molar-refractivity contribution is -0.121. The van der Waals surface area contributed by atoms with E-state index in [4.69, 9.17) is 11.6 Å². The van der Waals surface area contributed by atoms with Gasteiger partial charge in [0.1, 0.15) is 5.78 Å². The van der Waals surface area contributed by atoms with Crippen LogP contribution in [0, 0.1) is 5.92 Å². The number of halogens is 1. The Kier molecular flexibility index (Phi) is 5.82. The summed E-state index contributed by atoms with van der Waals surface area (Å²) in [6.45, 7) is 5.55. The van der Waals surface area contributed by atoms with Crippen LogP contribution in [-0.2, 0) is 17.8 Å². The van der Waals surface area contributed by atoms with Gasteiger partial charge in [-0.05, 0) is 20.5 Å². The van der Waals surface area contributed by atoms with Crippen LogP contribution in [0.15, 0.2) is 6.20 Å². The van der Waals surface area contributed by atoms with Crippen molar-refractivity contribution in [3.63, 3.8) is 0 Å². The molecule has 0 spiro atoms. The summed E-state index contributed by atoms with van der Waals surface area (Å²) in [6, 6.07) is 0. The molecular weight excluding hydrogens is 250 g/mol. The zero-order chi connectivity index (χ0) is 13.7. The first-order valence-corrected chi connectivity index (χ1v) is 6.67. The molecule has 5 heteroatoms. The molecule has 0 aromatic carbocycles. The first kappa shape index (κ1) is 15.2. The van der Waals surface area contributed by atoms with Gasteiger partial charge in [0.15, 0.2) is 0 Å². The van der Waals surface area contributed by atoms with Crippen molar-refractivity contribution in [3.8, 4) is 0 Å². The average Bonchev–Trinajstić information content (AvgIpc) is 2.64. The monoisotopic (exact) mass is 271 g/mol. The maximum atomic E-state index is 11.6. The van der Waals surface area contributed by atoms with Crippen LogP contribution >= 0.6 is 11.6 Å². The number of rotatable bonds is 7. The molecule has 0 aliphatic rings. The van der Waals surface area contributed by atoms with E-state index in [1.807, 2.05) is 32.6 Å². The molecule has 0 aliphatic heterocycles. The quantitative estimate of drug-likeness (QED) is 0.763. The van der Waals surface area contributed by atoms with Gasteiger partial charge >= 0.3 is 0 Å². The van der Waals surface area contributed by atoms with Gasteiger partial charge in [0, 0.05) is 18.9 Å². The molecule has 4 nitrogen and oxygen atoms in total. The molecule has 0 radical (unpaired) electrons. The molecule has 0 bridgehead atoms. The largest absolute Gasteiger partial charge is 0.308 e. The van der Waals surface area contributed by atoms with Gasteiger partial charge in [-0.15, -0.1) is 0 Å². The molecule has 0 saturated carbocycles. The molecule has 0 unspecified atom stereocenters. The third kappa shape index (κ3) is 4.42. The Morgan fingerprint density at radius 2 is 2.17 bits per heavy atom. The number of carbonyl (C=O) groups is 1. The van der Waals surface area contributed by atoms with E-state index in [1.165, 1.54) is 0 Å². The van der Waals surface area contributed by atoms with Gasteiger partial charge in [0.2, 0.25) is 0 Å². The zero-order valence-corrected chi connectivity index (χ0v) is 12.4. The summed E-state index contributed by atoms with van der Waals surface area (Å²) >= 11 is 6.12. The lowest BCUT2D eigenvalue weighted by atomic mass is 10.0. The second-order valence-electron chi connectivity index (χ2n) is 5.09. The molecule has 0 fully saturated rings. The number of hydrogen-bond donors (Lipinski definition) is 0. The highest BCUT2D eigenvalue weighted by atomic mass is 35.5. The van der Waals surface area contributed by atoms with E-state index in [1.54, 1.807) is 6.20 Å². The number of ketones is 1. The van der Waals surface area contributed by atoms with Gasteiger partial charge in [-0.25, -0.2) is 0 Å². The van der Waals surface area contributed by atoms with E-state index in [2.05, 4.69) is 10.00 Å². The first-order chi connectivity index (χ1) is 8.41. The second kappa shape index (κ2) is 6.90. The molecule has 1 heterocycles. The van der Waals surface area contributed by atoms with E-state index >= 15 is 0 Å². The summed E-state index contributed by atoms with van der Waals surface area (Å²) in [5.74, 6) is 0.355. The van der Waals surface area contributed by atoms with Crippen molar-refractivity contribution < 1.29 is 4.79 Å². The number of hydrogen-bond acceptors (Lipinski definition) is 3. The van der Waals surface area contributed by atoms with Crippen LogP contribution < -0.4 is 0 Å². The number of carbonyl (C=O) groups excluding carboxylic acids is 1. The van der Waals surface area contributed by atoms with Gasteiger partial charge in [0.25, 0.3) is 0 Å². The molecule has 1 aromatic heterocycles. The van der Waals surface area contributed by atoms with Crippen molar-refractivity contribution in [1.29, 1.82) is 0 Å². The smallest absolute Gasteiger partial charge is 0.135 e. The highest BCUT2D eigenvalue weighted by molar-refractivity contribution is 6.31. The molecule has 0 saturated heterocycles. The number of likely N-dealkylation sites (N-methyl/N-ethyl adjacent to an activating group) is 1. The van der Waals surface area contributed by atoms with Gasteiger partial charge in [0.05, 0.1) is 23.5 Å². The average molecular weight is 272 g/mol. The standard InChI is InChI=1S/C13H22ClN3O/c1-10(2)13(18)6-5-12-11(14)9-15-17(12)8-7-16(3)4/h9-10H,5-8H2,1-4H3. The van der Waals surface area contributed by atoms with E-state index in [-0.39, 0.29) is 11.7 Å². The minimum atomic E-state index is 0.0851. The molecule has 18 heavy (non-hydrogen) atoms. The fraction of sp³-hybridized carbons (Fsp3) is 0.692. The lowest BCUT2D eigenvalue weighted by Crippen LogP contribution is -2.20. The van der Waals surface area contributed by atoms with E-state index in [0.717, 1.165) is 18.8 Å². The van der Waals surface area contributed by atoms with Crippen LogP contribution in [0.25, 0.3) is 0 Å².